The summed E-state index contributed by atoms with van der Waals surface area (Å²) in [6, 6.07) is 18.2. The lowest BCUT2D eigenvalue weighted by Crippen LogP contribution is -2.05. The highest BCUT2D eigenvalue weighted by Crippen LogP contribution is 2.11. The minimum Gasteiger partial charge on any atom is -0.324 e. The molecule has 0 spiro atoms. The van der Waals surface area contributed by atoms with Crippen molar-refractivity contribution < 1.29 is 0 Å². The Morgan fingerprint density at radius 3 is 1.88 bits per heavy atom. The Hall–Kier alpha value is -2.06. The van der Waals surface area contributed by atoms with Gasteiger partial charge in [-0.1, -0.05) is 54.6 Å². The van der Waals surface area contributed by atoms with Gasteiger partial charge in [-0.25, -0.2) is 0 Å². The standard InChI is InChI=1S/C14H14N2/c15-16-14-10-8-13(9-11-14)7-6-12-4-2-1-3-5-12/h1-11,16H,15H2/b7-6+. The molecule has 0 saturated heterocycles. The molecule has 0 aliphatic carbocycles. The van der Waals surface area contributed by atoms with Gasteiger partial charge < -0.3 is 5.43 Å². The molecule has 0 aliphatic rings. The second-order valence-corrected chi connectivity index (χ2v) is 3.51. The van der Waals surface area contributed by atoms with Gasteiger partial charge in [0.05, 0.1) is 0 Å². The van der Waals surface area contributed by atoms with E-state index in [9.17, 15) is 0 Å². The van der Waals surface area contributed by atoms with Crippen molar-refractivity contribution in [2.75, 3.05) is 5.43 Å². The normalized spacial score (nSPS) is 10.6. The quantitative estimate of drug-likeness (QED) is 0.464. The van der Waals surface area contributed by atoms with Crippen LogP contribution >= 0.6 is 0 Å². The largest absolute Gasteiger partial charge is 0.324 e. The minimum absolute atomic E-state index is 0.914. The molecule has 0 bridgehead atoms. The van der Waals surface area contributed by atoms with E-state index in [1.807, 2.05) is 42.5 Å². The second kappa shape index (κ2) is 5.14. The van der Waals surface area contributed by atoms with Gasteiger partial charge in [0.2, 0.25) is 0 Å². The molecule has 0 aliphatic heterocycles. The van der Waals surface area contributed by atoms with Crippen LogP contribution < -0.4 is 11.3 Å². The third-order valence-corrected chi connectivity index (χ3v) is 2.35. The first-order valence-corrected chi connectivity index (χ1v) is 5.18. The zero-order valence-corrected chi connectivity index (χ0v) is 8.93. The number of nitrogen functional groups attached to an aromatic ring is 1. The lowest BCUT2D eigenvalue weighted by molar-refractivity contribution is 1.35. The van der Waals surface area contributed by atoms with Gasteiger partial charge in [-0.3, -0.25) is 5.84 Å². The highest BCUT2D eigenvalue weighted by Gasteiger charge is 1.89. The molecular formula is C14H14N2. The lowest BCUT2D eigenvalue weighted by atomic mass is 10.1. The van der Waals surface area contributed by atoms with E-state index in [-0.39, 0.29) is 0 Å². The number of hydrogen-bond donors (Lipinski definition) is 2. The van der Waals surface area contributed by atoms with E-state index in [1.165, 1.54) is 5.56 Å². The zero-order chi connectivity index (χ0) is 11.2. The molecule has 0 radical (unpaired) electrons. The first-order chi connectivity index (χ1) is 7.88. The monoisotopic (exact) mass is 210 g/mol. The topological polar surface area (TPSA) is 38.0 Å². The molecule has 0 atom stereocenters. The first kappa shape index (κ1) is 10.5. The molecule has 2 aromatic carbocycles. The summed E-state index contributed by atoms with van der Waals surface area (Å²) in [5.74, 6) is 5.30. The Balaban J connectivity index is 2.12. The van der Waals surface area contributed by atoms with E-state index in [0.29, 0.717) is 0 Å². The van der Waals surface area contributed by atoms with Gasteiger partial charge in [0.1, 0.15) is 0 Å². The summed E-state index contributed by atoms with van der Waals surface area (Å²) >= 11 is 0. The van der Waals surface area contributed by atoms with E-state index in [4.69, 9.17) is 5.84 Å². The van der Waals surface area contributed by atoms with E-state index >= 15 is 0 Å². The van der Waals surface area contributed by atoms with Gasteiger partial charge in [-0.2, -0.15) is 0 Å². The van der Waals surface area contributed by atoms with Crippen LogP contribution in [-0.4, -0.2) is 0 Å². The smallest absolute Gasteiger partial charge is 0.0485 e. The zero-order valence-electron chi connectivity index (χ0n) is 8.93. The summed E-state index contributed by atoms with van der Waals surface area (Å²) in [5, 5.41) is 0. The number of nitrogens with two attached hydrogens (primary N) is 1. The van der Waals surface area contributed by atoms with Crippen molar-refractivity contribution in [3.8, 4) is 0 Å². The van der Waals surface area contributed by atoms with Crippen molar-refractivity contribution in [2.45, 2.75) is 0 Å². The molecule has 2 rings (SSSR count). The van der Waals surface area contributed by atoms with Crippen molar-refractivity contribution >= 4 is 17.8 Å². The van der Waals surface area contributed by atoms with Gasteiger partial charge in [0, 0.05) is 5.69 Å². The van der Waals surface area contributed by atoms with Crippen molar-refractivity contribution in [1.29, 1.82) is 0 Å². The van der Waals surface area contributed by atoms with Crippen LogP contribution in [0.2, 0.25) is 0 Å². The lowest BCUT2D eigenvalue weighted by Gasteiger charge is -1.99. The highest BCUT2D eigenvalue weighted by atomic mass is 15.2. The summed E-state index contributed by atoms with van der Waals surface area (Å²) in [6.45, 7) is 0. The van der Waals surface area contributed by atoms with Crippen LogP contribution in [0.1, 0.15) is 11.1 Å². The molecule has 0 amide bonds. The van der Waals surface area contributed by atoms with Gasteiger partial charge in [-0.05, 0) is 23.3 Å². The summed E-state index contributed by atoms with van der Waals surface area (Å²) in [4.78, 5) is 0. The number of nitrogens with one attached hydrogen (secondary N) is 1. The Morgan fingerprint density at radius 2 is 1.31 bits per heavy atom. The molecule has 0 heterocycles. The molecule has 0 aromatic heterocycles. The maximum absolute atomic E-state index is 5.30. The molecule has 0 unspecified atom stereocenters. The SMILES string of the molecule is NNc1ccc(/C=C/c2ccccc2)cc1. The number of hydrogen-bond acceptors (Lipinski definition) is 2. The minimum atomic E-state index is 0.914. The molecular weight excluding hydrogens is 196 g/mol. The average Bonchev–Trinajstić information content (AvgIpc) is 2.38. The van der Waals surface area contributed by atoms with E-state index in [1.54, 1.807) is 0 Å². The molecule has 80 valence electrons. The average molecular weight is 210 g/mol. The van der Waals surface area contributed by atoms with E-state index < -0.39 is 0 Å². The highest BCUT2D eigenvalue weighted by molar-refractivity contribution is 5.70. The Labute approximate surface area is 95.4 Å². The van der Waals surface area contributed by atoms with Crippen LogP contribution in [0.25, 0.3) is 12.2 Å². The van der Waals surface area contributed by atoms with Crippen LogP contribution in [0, 0.1) is 0 Å². The maximum Gasteiger partial charge on any atom is 0.0485 e. The van der Waals surface area contributed by atoms with Gasteiger partial charge in [-0.15, -0.1) is 0 Å². The second-order valence-electron chi connectivity index (χ2n) is 3.51. The molecule has 2 nitrogen and oxygen atoms in total. The molecule has 16 heavy (non-hydrogen) atoms. The number of rotatable bonds is 3. The number of anilines is 1. The molecule has 3 N–H and O–H groups in total. The predicted octanol–water partition coefficient (Wildman–Crippen LogP) is 3.14. The molecule has 0 saturated carbocycles. The third-order valence-electron chi connectivity index (χ3n) is 2.35. The van der Waals surface area contributed by atoms with Crippen molar-refractivity contribution in [3.05, 3.63) is 65.7 Å². The van der Waals surface area contributed by atoms with Crippen molar-refractivity contribution in [2.24, 2.45) is 5.84 Å². The number of benzene rings is 2. The van der Waals surface area contributed by atoms with Crippen LogP contribution in [0.5, 0.6) is 0 Å². The number of hydrazine groups is 1. The molecule has 0 fully saturated rings. The van der Waals surface area contributed by atoms with Crippen LogP contribution in [-0.2, 0) is 0 Å². The van der Waals surface area contributed by atoms with Gasteiger partial charge in [0.15, 0.2) is 0 Å². The fourth-order valence-corrected chi connectivity index (χ4v) is 1.45. The summed E-state index contributed by atoms with van der Waals surface area (Å²) in [7, 11) is 0. The first-order valence-electron chi connectivity index (χ1n) is 5.18. The Bertz CT molecular complexity index is 458. The summed E-state index contributed by atoms with van der Waals surface area (Å²) in [5.41, 5.74) is 5.87. The van der Waals surface area contributed by atoms with E-state index in [2.05, 4.69) is 29.7 Å². The summed E-state index contributed by atoms with van der Waals surface area (Å²) < 4.78 is 0. The molecule has 2 aromatic rings. The van der Waals surface area contributed by atoms with Crippen LogP contribution in [0.15, 0.2) is 54.6 Å². The molecule has 2 heteroatoms. The van der Waals surface area contributed by atoms with Crippen LogP contribution in [0.3, 0.4) is 0 Å². The maximum atomic E-state index is 5.30. The Kier molecular flexibility index (Phi) is 3.36. The van der Waals surface area contributed by atoms with E-state index in [0.717, 1.165) is 11.3 Å². The predicted molar refractivity (Wildman–Crippen MR) is 69.6 cm³/mol. The summed E-state index contributed by atoms with van der Waals surface area (Å²) in [6.07, 6.45) is 4.17. The van der Waals surface area contributed by atoms with Gasteiger partial charge >= 0.3 is 0 Å². The van der Waals surface area contributed by atoms with Crippen LogP contribution in [0.4, 0.5) is 5.69 Å². The van der Waals surface area contributed by atoms with Crippen molar-refractivity contribution in [3.63, 3.8) is 0 Å². The van der Waals surface area contributed by atoms with Gasteiger partial charge in [0.25, 0.3) is 0 Å². The van der Waals surface area contributed by atoms with Crippen molar-refractivity contribution in [1.82, 2.24) is 0 Å². The fourth-order valence-electron chi connectivity index (χ4n) is 1.45. The Morgan fingerprint density at radius 1 is 0.750 bits per heavy atom. The third kappa shape index (κ3) is 2.72. The fraction of sp³-hybridized carbons (Fsp3) is 0.